The van der Waals surface area contributed by atoms with Crippen LogP contribution in [0.4, 0.5) is 0 Å². The maximum absolute atomic E-state index is 2.46. The Morgan fingerprint density at radius 2 is 2.00 bits per heavy atom. The molecule has 0 spiro atoms. The second-order valence-corrected chi connectivity index (χ2v) is 6.03. The van der Waals surface area contributed by atoms with Crippen LogP contribution in [0.2, 0.25) is 0 Å². The summed E-state index contributed by atoms with van der Waals surface area (Å²) in [4.78, 5) is 0. The van der Waals surface area contributed by atoms with Crippen LogP contribution in [0.3, 0.4) is 0 Å². The number of nitrogens with zero attached hydrogens (tertiary/aromatic N) is 2. The summed E-state index contributed by atoms with van der Waals surface area (Å²) in [6, 6.07) is 0. The van der Waals surface area contributed by atoms with Crippen molar-refractivity contribution in [3.8, 4) is 0 Å². The Labute approximate surface area is 84.9 Å². The zero-order valence-corrected chi connectivity index (χ0v) is 11.1. The molecule has 4 heteroatoms. The van der Waals surface area contributed by atoms with E-state index in [1.807, 2.05) is 0 Å². The first-order valence-electron chi connectivity index (χ1n) is 3.40. The number of halogens is 1. The van der Waals surface area contributed by atoms with Crippen LogP contribution < -0.4 is 9.29 Å². The average molecular weight is 330 g/mol. The summed E-state index contributed by atoms with van der Waals surface area (Å²) in [6.45, 7) is 4.34. The molecule has 1 heterocycles. The van der Waals surface area contributed by atoms with Crippen LogP contribution >= 0.6 is 20.3 Å². The Kier molecular flexibility index (Phi) is 3.00. The van der Waals surface area contributed by atoms with E-state index in [1.54, 1.807) is 0 Å². The van der Waals surface area contributed by atoms with Gasteiger partial charge in [-0.25, -0.2) is 0 Å². The van der Waals surface area contributed by atoms with Gasteiger partial charge in [0, 0.05) is 0 Å². The number of hydrogen-bond donors (Lipinski definition) is 0. The molecule has 1 aromatic rings. The van der Waals surface area contributed by atoms with Gasteiger partial charge >= 0.3 is 85.2 Å². The van der Waals surface area contributed by atoms with Gasteiger partial charge in [-0.15, -0.1) is 0 Å². The molecule has 0 N–H and O–H groups in total. The first kappa shape index (κ1) is 9.55. The zero-order chi connectivity index (χ0) is 8.59. The van der Waals surface area contributed by atoms with Crippen molar-refractivity contribution >= 4 is 36.8 Å². The van der Waals surface area contributed by atoms with Crippen molar-refractivity contribution in [3.63, 3.8) is 0 Å². The molecule has 0 aliphatic heterocycles. The van der Waals surface area contributed by atoms with E-state index in [9.17, 15) is 0 Å². The van der Waals surface area contributed by atoms with Gasteiger partial charge in [0.15, 0.2) is 0 Å². The molecule has 0 unspecified atom stereocenters. The van der Waals surface area contributed by atoms with E-state index in [2.05, 4.69) is 57.4 Å². The van der Waals surface area contributed by atoms with Gasteiger partial charge in [-0.05, 0) is 0 Å². The van der Waals surface area contributed by atoms with E-state index >= 15 is 0 Å². The molecule has 0 atom stereocenters. The van der Waals surface area contributed by atoms with Gasteiger partial charge in [0.25, 0.3) is 0 Å². The topological polar surface area (TPSA) is 8.81 Å². The summed E-state index contributed by atoms with van der Waals surface area (Å²) < 4.78 is 6.00. The molecule has 1 rings (SSSR count). The normalized spacial score (nSPS) is 10.6. The van der Waals surface area contributed by atoms with Gasteiger partial charge in [0.05, 0.1) is 0 Å². The molecule has 0 saturated heterocycles. The van der Waals surface area contributed by atoms with Crippen LogP contribution in [0.1, 0.15) is 11.4 Å². The Morgan fingerprint density at radius 1 is 1.45 bits per heavy atom. The molecule has 0 bridgehead atoms. The van der Waals surface area contributed by atoms with Crippen LogP contribution in [-0.4, -0.2) is 16.3 Å². The van der Waals surface area contributed by atoms with Crippen molar-refractivity contribution in [2.24, 2.45) is 14.1 Å². The molecular weight excluding hydrogens is 318 g/mol. The molecule has 0 amide bonds. The molecule has 1 aromatic heterocycles. The van der Waals surface area contributed by atoms with E-state index in [0.717, 1.165) is 0 Å². The number of imidazole rings is 1. The van der Waals surface area contributed by atoms with Crippen LogP contribution in [0.15, 0.2) is 0 Å². The van der Waals surface area contributed by atoms with Crippen LogP contribution in [0, 0.1) is 13.8 Å². The molecule has 0 radical (unpaired) electrons. The Balaban J connectivity index is 3.36. The Bertz CT molecular complexity index is 255. The Hall–Kier alpha value is 0.459. The standard InChI is InChI=1S/C7H12IN2Se/c1-5-6(2)10(4)7(11-8)9(5)3/h1-4H3/q+1. The third-order valence-corrected chi connectivity index (χ3v) is 5.66. The fourth-order valence-corrected chi connectivity index (χ4v) is 5.18. The fraction of sp³-hybridized carbons (Fsp3) is 0.571. The van der Waals surface area contributed by atoms with E-state index in [-0.39, 0.29) is 0 Å². The van der Waals surface area contributed by atoms with Gasteiger partial charge in [-0.2, -0.15) is 0 Å². The van der Waals surface area contributed by atoms with Gasteiger partial charge in [-0.3, -0.25) is 0 Å². The molecule has 11 heavy (non-hydrogen) atoms. The van der Waals surface area contributed by atoms with Crippen LogP contribution in [0.25, 0.3) is 0 Å². The summed E-state index contributed by atoms with van der Waals surface area (Å²) in [5.74, 6) is 0. The molecule has 0 aliphatic carbocycles. The molecule has 0 aromatic carbocycles. The second kappa shape index (κ2) is 3.45. The second-order valence-electron chi connectivity index (χ2n) is 2.65. The van der Waals surface area contributed by atoms with E-state index in [0.29, 0.717) is 11.7 Å². The maximum atomic E-state index is 2.46. The fourth-order valence-electron chi connectivity index (χ4n) is 1.10. The van der Waals surface area contributed by atoms with E-state index < -0.39 is 0 Å². The monoisotopic (exact) mass is 331 g/mol. The SMILES string of the molecule is Cc1c(C)[n+](C)c([Se]I)n1C. The molecule has 0 aliphatic rings. The van der Waals surface area contributed by atoms with Gasteiger partial charge in [0.2, 0.25) is 0 Å². The van der Waals surface area contributed by atoms with Crippen molar-refractivity contribution in [1.29, 1.82) is 0 Å². The number of hydrogen-bond acceptors (Lipinski definition) is 0. The molecule has 62 valence electrons. The summed E-state index contributed by atoms with van der Waals surface area (Å²) in [7, 11) is 4.27. The molecular formula is C7H12IN2Se+. The number of aromatic nitrogens is 2. The van der Waals surface area contributed by atoms with Crippen molar-refractivity contribution in [1.82, 2.24) is 4.57 Å². The first-order chi connectivity index (χ1) is 5.09. The summed E-state index contributed by atoms with van der Waals surface area (Å²) in [5, 5.41) is 0. The summed E-state index contributed by atoms with van der Waals surface area (Å²) in [5.41, 5.74) is 2.75. The quantitative estimate of drug-likeness (QED) is 0.394. The number of rotatable bonds is 1. The minimum absolute atomic E-state index is 0.556. The van der Waals surface area contributed by atoms with Gasteiger partial charge < -0.3 is 0 Å². The zero-order valence-electron chi connectivity index (χ0n) is 7.18. The van der Waals surface area contributed by atoms with E-state index in [1.165, 1.54) is 16.1 Å². The van der Waals surface area contributed by atoms with Crippen LogP contribution in [0.5, 0.6) is 0 Å². The average Bonchev–Trinajstić information content (AvgIpc) is 2.17. The third kappa shape index (κ3) is 1.48. The summed E-state index contributed by atoms with van der Waals surface area (Å²) >= 11 is 3.01. The predicted molar refractivity (Wildman–Crippen MR) is 55.5 cm³/mol. The van der Waals surface area contributed by atoms with Gasteiger partial charge in [0.1, 0.15) is 0 Å². The van der Waals surface area contributed by atoms with Crippen LogP contribution in [-0.2, 0) is 14.1 Å². The molecule has 0 fully saturated rings. The first-order valence-corrected chi connectivity index (χ1v) is 9.48. The minimum atomic E-state index is 0.556. The Morgan fingerprint density at radius 3 is 2.18 bits per heavy atom. The van der Waals surface area contributed by atoms with Gasteiger partial charge in [-0.1, -0.05) is 0 Å². The van der Waals surface area contributed by atoms with Crippen molar-refractivity contribution in [2.75, 3.05) is 0 Å². The van der Waals surface area contributed by atoms with Crippen molar-refractivity contribution < 1.29 is 4.57 Å². The molecule has 0 saturated carbocycles. The van der Waals surface area contributed by atoms with E-state index in [4.69, 9.17) is 0 Å². The molecule has 2 nitrogen and oxygen atoms in total. The predicted octanol–water partition coefficient (Wildman–Crippen LogP) is 0.146. The van der Waals surface area contributed by atoms with Crippen molar-refractivity contribution in [3.05, 3.63) is 11.4 Å². The summed E-state index contributed by atoms with van der Waals surface area (Å²) in [6.07, 6.45) is 0. The van der Waals surface area contributed by atoms with Crippen molar-refractivity contribution in [2.45, 2.75) is 13.8 Å². The third-order valence-electron chi connectivity index (χ3n) is 2.17.